The highest BCUT2D eigenvalue weighted by Crippen LogP contribution is 2.38. The number of ether oxygens (including phenoxy) is 2. The summed E-state index contributed by atoms with van der Waals surface area (Å²) < 4.78 is 16.6. The predicted octanol–water partition coefficient (Wildman–Crippen LogP) is 5.15. The second-order valence-corrected chi connectivity index (χ2v) is 8.40. The lowest BCUT2D eigenvalue weighted by atomic mass is 10.0. The van der Waals surface area contributed by atoms with Crippen LogP contribution in [0.1, 0.15) is 49.9 Å². The zero-order chi connectivity index (χ0) is 21.9. The molecule has 1 saturated heterocycles. The minimum absolute atomic E-state index is 0.0605. The van der Waals surface area contributed by atoms with E-state index in [4.69, 9.17) is 14.0 Å². The largest absolute Gasteiger partial charge is 0.454 e. The third-order valence-electron chi connectivity index (χ3n) is 6.05. The number of likely N-dealkylation sites (tertiary alicyclic amines) is 1. The lowest BCUT2D eigenvalue weighted by Gasteiger charge is -2.28. The molecule has 1 amide bonds. The molecule has 2 aliphatic rings. The Morgan fingerprint density at radius 2 is 1.91 bits per heavy atom. The first-order valence-corrected chi connectivity index (χ1v) is 11.1. The smallest absolute Gasteiger partial charge is 0.231 e. The number of hydrogen-bond donors (Lipinski definition) is 1. The molecule has 1 fully saturated rings. The number of benzene rings is 2. The Morgan fingerprint density at radius 3 is 2.75 bits per heavy atom. The second-order valence-electron chi connectivity index (χ2n) is 8.40. The average Bonchev–Trinajstić information content (AvgIpc) is 3.40. The molecule has 3 aromatic rings. The van der Waals surface area contributed by atoms with Gasteiger partial charge < -0.3 is 19.3 Å². The van der Waals surface area contributed by atoms with E-state index in [9.17, 15) is 4.79 Å². The fourth-order valence-electron chi connectivity index (χ4n) is 4.45. The van der Waals surface area contributed by atoms with E-state index >= 15 is 0 Å². The van der Waals surface area contributed by atoms with Crippen LogP contribution in [0, 0.1) is 0 Å². The Morgan fingerprint density at radius 1 is 1.06 bits per heavy atom. The number of fused-ring (bicyclic) bond motifs is 1. The van der Waals surface area contributed by atoms with Gasteiger partial charge in [0, 0.05) is 30.8 Å². The molecule has 3 heterocycles. The summed E-state index contributed by atoms with van der Waals surface area (Å²) in [6, 6.07) is 16.1. The number of aromatic nitrogens is 1. The third-order valence-corrected chi connectivity index (χ3v) is 6.05. The van der Waals surface area contributed by atoms with Crippen LogP contribution in [0.2, 0.25) is 0 Å². The molecule has 2 aromatic carbocycles. The fourth-order valence-corrected chi connectivity index (χ4v) is 4.45. The summed E-state index contributed by atoms with van der Waals surface area (Å²) in [5, 5.41) is 7.28. The van der Waals surface area contributed by atoms with E-state index in [2.05, 4.69) is 33.6 Å². The molecule has 0 radical (unpaired) electrons. The van der Waals surface area contributed by atoms with Crippen molar-refractivity contribution in [1.82, 2.24) is 10.1 Å². The van der Waals surface area contributed by atoms with E-state index < -0.39 is 0 Å². The molecule has 1 aromatic heterocycles. The van der Waals surface area contributed by atoms with Crippen molar-refractivity contribution in [2.75, 3.05) is 18.7 Å². The maximum absolute atomic E-state index is 11.3. The molecule has 5 rings (SSSR count). The van der Waals surface area contributed by atoms with Gasteiger partial charge in [0.25, 0.3) is 0 Å². The summed E-state index contributed by atoms with van der Waals surface area (Å²) in [6.45, 7) is 3.62. The molecule has 32 heavy (non-hydrogen) atoms. The van der Waals surface area contributed by atoms with E-state index in [1.165, 1.54) is 31.7 Å². The summed E-state index contributed by atoms with van der Waals surface area (Å²) in [6.07, 6.45) is 4.63. The van der Waals surface area contributed by atoms with Crippen molar-refractivity contribution < 1.29 is 18.8 Å². The summed E-state index contributed by atoms with van der Waals surface area (Å²) >= 11 is 0. The van der Waals surface area contributed by atoms with Crippen LogP contribution in [0.3, 0.4) is 0 Å². The second kappa shape index (κ2) is 9.04. The predicted molar refractivity (Wildman–Crippen MR) is 120 cm³/mol. The van der Waals surface area contributed by atoms with Crippen LogP contribution in [0.15, 0.2) is 53.1 Å². The van der Waals surface area contributed by atoms with Gasteiger partial charge in [-0.2, -0.15) is 0 Å². The molecular weight excluding hydrogens is 406 g/mol. The topological polar surface area (TPSA) is 76.8 Å². The van der Waals surface area contributed by atoms with Crippen molar-refractivity contribution in [1.29, 1.82) is 0 Å². The maximum Gasteiger partial charge on any atom is 0.231 e. The first-order chi connectivity index (χ1) is 15.7. The number of nitrogens with zero attached hydrogens (tertiary/aromatic N) is 2. The van der Waals surface area contributed by atoms with Gasteiger partial charge in [0.1, 0.15) is 5.69 Å². The maximum atomic E-state index is 11.3. The van der Waals surface area contributed by atoms with Gasteiger partial charge in [-0.25, -0.2) is 0 Å². The minimum atomic E-state index is -0.0605. The molecule has 2 aliphatic heterocycles. The van der Waals surface area contributed by atoms with E-state index in [1.807, 2.05) is 30.3 Å². The van der Waals surface area contributed by atoms with Gasteiger partial charge in [-0.3, -0.25) is 9.69 Å². The Balaban J connectivity index is 1.34. The van der Waals surface area contributed by atoms with Crippen LogP contribution in [0.25, 0.3) is 11.3 Å². The lowest BCUT2D eigenvalue weighted by Crippen LogP contribution is -2.28. The highest BCUT2D eigenvalue weighted by atomic mass is 16.7. The molecule has 7 heteroatoms. The molecule has 0 spiro atoms. The van der Waals surface area contributed by atoms with Gasteiger partial charge in [0.15, 0.2) is 17.3 Å². The SMILES string of the molecule is CC(=O)Nc1ccc(CN2CCCCC[C@H]2c2cc(-c3ccc4c(c3)OCO4)on2)cc1. The number of rotatable bonds is 5. The molecule has 0 unspecified atom stereocenters. The third kappa shape index (κ3) is 4.48. The standard InChI is InChI=1S/C25H27N3O4/c1-17(29)26-20-9-6-18(7-10-20)15-28-12-4-2-3-5-22(28)21-14-24(32-27-21)19-8-11-23-25(13-19)31-16-30-23/h6-11,13-14,22H,2-5,12,15-16H2,1H3,(H,26,29)/t22-/m0/s1. The minimum Gasteiger partial charge on any atom is -0.454 e. The van der Waals surface area contributed by atoms with Crippen molar-refractivity contribution in [3.8, 4) is 22.8 Å². The van der Waals surface area contributed by atoms with E-state index in [1.54, 1.807) is 0 Å². The summed E-state index contributed by atoms with van der Waals surface area (Å²) in [4.78, 5) is 13.8. The summed E-state index contributed by atoms with van der Waals surface area (Å²) in [5.41, 5.74) is 3.93. The van der Waals surface area contributed by atoms with Crippen LogP contribution in [0.5, 0.6) is 11.5 Å². The van der Waals surface area contributed by atoms with E-state index in [0.717, 1.165) is 53.7 Å². The van der Waals surface area contributed by atoms with Gasteiger partial charge >= 0.3 is 0 Å². The molecule has 1 atom stereocenters. The zero-order valence-corrected chi connectivity index (χ0v) is 18.2. The molecule has 166 valence electrons. The summed E-state index contributed by atoms with van der Waals surface area (Å²) in [5.74, 6) is 2.17. The van der Waals surface area contributed by atoms with Gasteiger partial charge in [-0.05, 0) is 55.3 Å². The van der Waals surface area contributed by atoms with Gasteiger partial charge in [-0.1, -0.05) is 30.1 Å². The number of hydrogen-bond acceptors (Lipinski definition) is 6. The Bertz CT molecular complexity index is 1090. The fraction of sp³-hybridized carbons (Fsp3) is 0.360. The van der Waals surface area contributed by atoms with Crippen molar-refractivity contribution in [2.45, 2.75) is 45.2 Å². The van der Waals surface area contributed by atoms with Gasteiger partial charge in [-0.15, -0.1) is 0 Å². The van der Waals surface area contributed by atoms with Crippen molar-refractivity contribution in [3.63, 3.8) is 0 Å². The highest BCUT2D eigenvalue weighted by molar-refractivity contribution is 5.88. The first-order valence-electron chi connectivity index (χ1n) is 11.1. The highest BCUT2D eigenvalue weighted by Gasteiger charge is 2.26. The van der Waals surface area contributed by atoms with Gasteiger partial charge in [0.05, 0.1) is 6.04 Å². The normalized spacial score (nSPS) is 18.3. The zero-order valence-electron chi connectivity index (χ0n) is 18.2. The van der Waals surface area contributed by atoms with Crippen LogP contribution in [0.4, 0.5) is 5.69 Å². The number of carbonyl (C=O) groups is 1. The van der Waals surface area contributed by atoms with Gasteiger partial charge in [0.2, 0.25) is 12.7 Å². The molecule has 0 saturated carbocycles. The molecule has 0 aliphatic carbocycles. The van der Waals surface area contributed by atoms with Crippen LogP contribution >= 0.6 is 0 Å². The average molecular weight is 434 g/mol. The number of amides is 1. The first kappa shape index (κ1) is 20.6. The Labute approximate surface area is 187 Å². The number of carbonyl (C=O) groups excluding carboxylic acids is 1. The number of anilines is 1. The molecule has 7 nitrogen and oxygen atoms in total. The van der Waals surface area contributed by atoms with Crippen molar-refractivity contribution in [3.05, 3.63) is 59.8 Å². The molecule has 0 bridgehead atoms. The van der Waals surface area contributed by atoms with E-state index in [-0.39, 0.29) is 18.7 Å². The lowest BCUT2D eigenvalue weighted by molar-refractivity contribution is -0.114. The number of nitrogens with one attached hydrogen (secondary N) is 1. The van der Waals surface area contributed by atoms with Crippen molar-refractivity contribution >= 4 is 11.6 Å². The Kier molecular flexibility index (Phi) is 5.81. The monoisotopic (exact) mass is 433 g/mol. The van der Waals surface area contributed by atoms with Crippen LogP contribution in [-0.4, -0.2) is 29.3 Å². The van der Waals surface area contributed by atoms with Crippen LogP contribution in [-0.2, 0) is 11.3 Å². The van der Waals surface area contributed by atoms with Crippen molar-refractivity contribution in [2.24, 2.45) is 0 Å². The van der Waals surface area contributed by atoms with E-state index in [0.29, 0.717) is 0 Å². The molecular formula is C25H27N3O4. The Hall–Kier alpha value is -3.32. The molecule has 1 N–H and O–H groups in total. The van der Waals surface area contributed by atoms with Crippen LogP contribution < -0.4 is 14.8 Å². The quantitative estimate of drug-likeness (QED) is 0.600. The summed E-state index contributed by atoms with van der Waals surface area (Å²) in [7, 11) is 0.